The van der Waals surface area contributed by atoms with Crippen LogP contribution >= 0.6 is 0 Å². The third-order valence-corrected chi connectivity index (χ3v) is 6.59. The Morgan fingerprint density at radius 2 is 2.04 bits per heavy atom. The second-order valence-electron chi connectivity index (χ2n) is 7.42. The van der Waals surface area contributed by atoms with Crippen LogP contribution in [-0.4, -0.2) is 67.5 Å². The number of nitrogens with one attached hydrogen (secondary N) is 1. The second kappa shape index (κ2) is 7.25. The third kappa shape index (κ3) is 4.00. The number of urea groups is 1. The molecule has 3 rings (SSSR count). The van der Waals surface area contributed by atoms with Gasteiger partial charge >= 0.3 is 6.03 Å². The van der Waals surface area contributed by atoms with Crippen LogP contribution in [0.1, 0.15) is 19.4 Å². The van der Waals surface area contributed by atoms with E-state index in [4.69, 9.17) is 5.26 Å². The van der Waals surface area contributed by atoms with Crippen molar-refractivity contribution in [3.63, 3.8) is 0 Å². The van der Waals surface area contributed by atoms with Crippen LogP contribution < -0.4 is 5.32 Å². The largest absolute Gasteiger partial charge is 0.322 e. The number of nitrogens with zero attached hydrogens (tertiary/aromatic N) is 3. The topological polar surface area (TPSA) is 93.5 Å². The van der Waals surface area contributed by atoms with Gasteiger partial charge in [0.15, 0.2) is 9.84 Å². The summed E-state index contributed by atoms with van der Waals surface area (Å²) in [6.45, 7) is 6.21. The molecular weight excluding hydrogens is 352 g/mol. The van der Waals surface area contributed by atoms with E-state index >= 15 is 0 Å². The van der Waals surface area contributed by atoms with Crippen LogP contribution in [0.5, 0.6) is 0 Å². The number of piperazine rings is 1. The molecule has 2 heterocycles. The van der Waals surface area contributed by atoms with Gasteiger partial charge in [0.25, 0.3) is 0 Å². The predicted octanol–water partition coefficient (Wildman–Crippen LogP) is 1.53. The zero-order chi connectivity index (χ0) is 18.9. The molecule has 26 heavy (non-hydrogen) atoms. The first-order chi connectivity index (χ1) is 12.3. The Hall–Kier alpha value is -2.11. The third-order valence-electron chi connectivity index (χ3n) is 4.89. The molecule has 2 amide bonds. The molecule has 140 valence electrons. The minimum absolute atomic E-state index is 0.0118. The van der Waals surface area contributed by atoms with E-state index in [9.17, 15) is 13.2 Å². The molecule has 8 heteroatoms. The molecule has 0 bridgehead atoms. The average Bonchev–Trinajstić information content (AvgIpc) is 2.90. The van der Waals surface area contributed by atoms with Gasteiger partial charge in [-0.2, -0.15) is 5.26 Å². The summed E-state index contributed by atoms with van der Waals surface area (Å²) in [7, 11) is -3.15. The lowest BCUT2D eigenvalue weighted by Gasteiger charge is -2.44. The van der Waals surface area contributed by atoms with Crippen LogP contribution in [0, 0.1) is 17.2 Å². The van der Waals surface area contributed by atoms with Crippen LogP contribution in [0.4, 0.5) is 10.5 Å². The van der Waals surface area contributed by atoms with Gasteiger partial charge in [-0.3, -0.25) is 4.90 Å². The number of rotatable bonds is 3. The molecule has 1 aromatic carbocycles. The normalized spacial score (nSPS) is 24.9. The van der Waals surface area contributed by atoms with E-state index in [2.05, 4.69) is 24.1 Å². The van der Waals surface area contributed by atoms with Crippen molar-refractivity contribution >= 4 is 21.6 Å². The number of hydrogen-bond donors (Lipinski definition) is 1. The molecule has 2 saturated heterocycles. The van der Waals surface area contributed by atoms with Gasteiger partial charge < -0.3 is 10.2 Å². The Kier molecular flexibility index (Phi) is 5.21. The monoisotopic (exact) mass is 376 g/mol. The molecule has 1 N–H and O–H groups in total. The number of carbonyl (C=O) groups excluding carboxylic acids is 1. The van der Waals surface area contributed by atoms with E-state index < -0.39 is 9.84 Å². The van der Waals surface area contributed by atoms with E-state index in [0.717, 1.165) is 6.54 Å². The van der Waals surface area contributed by atoms with Crippen molar-refractivity contribution in [2.24, 2.45) is 5.92 Å². The van der Waals surface area contributed by atoms with E-state index in [0.29, 0.717) is 30.3 Å². The summed E-state index contributed by atoms with van der Waals surface area (Å²) in [5.41, 5.74) is 1.00. The van der Waals surface area contributed by atoms with Crippen LogP contribution in [-0.2, 0) is 9.84 Å². The Morgan fingerprint density at radius 3 is 2.73 bits per heavy atom. The van der Waals surface area contributed by atoms with Crippen LogP contribution in [0.25, 0.3) is 0 Å². The summed E-state index contributed by atoms with van der Waals surface area (Å²) in [6, 6.07) is 7.96. The van der Waals surface area contributed by atoms with Gasteiger partial charge in [0.1, 0.15) is 0 Å². The van der Waals surface area contributed by atoms with Gasteiger partial charge in [-0.05, 0) is 24.1 Å². The Labute approximate surface area is 154 Å². The van der Waals surface area contributed by atoms with Crippen molar-refractivity contribution in [2.75, 3.05) is 36.5 Å². The molecule has 0 aromatic heterocycles. The lowest BCUT2D eigenvalue weighted by atomic mass is 10.0. The number of carbonyl (C=O) groups is 1. The van der Waals surface area contributed by atoms with Gasteiger partial charge in [0.2, 0.25) is 0 Å². The molecule has 2 atom stereocenters. The van der Waals surface area contributed by atoms with E-state index in [1.807, 2.05) is 6.07 Å². The number of anilines is 1. The molecule has 2 aliphatic rings. The minimum Gasteiger partial charge on any atom is -0.318 e. The zero-order valence-electron chi connectivity index (χ0n) is 15.1. The number of benzene rings is 1. The maximum Gasteiger partial charge on any atom is 0.322 e. The Morgan fingerprint density at radius 1 is 1.31 bits per heavy atom. The number of amides is 2. The highest BCUT2D eigenvalue weighted by Crippen LogP contribution is 2.28. The zero-order valence-corrected chi connectivity index (χ0v) is 15.9. The van der Waals surface area contributed by atoms with Gasteiger partial charge in [0.05, 0.1) is 29.2 Å². The minimum atomic E-state index is -3.15. The van der Waals surface area contributed by atoms with E-state index in [-0.39, 0.29) is 29.6 Å². The standard InChI is InChI=1S/C18H24N4O3S/c1-13(2)10-21-6-7-22(17-12-26(24,25)11-16(17)21)18(23)20-15-5-3-4-14(8-15)9-19/h3-5,8,13,16-17H,6-7,10-12H2,1-2H3,(H,20,23)/t16-,17+/m1/s1. The summed E-state index contributed by atoms with van der Waals surface area (Å²) in [4.78, 5) is 16.6. The quantitative estimate of drug-likeness (QED) is 0.863. The lowest BCUT2D eigenvalue weighted by Crippen LogP contribution is -2.61. The molecule has 7 nitrogen and oxygen atoms in total. The fraction of sp³-hybridized carbons (Fsp3) is 0.556. The first kappa shape index (κ1) is 18.7. The summed E-state index contributed by atoms with van der Waals surface area (Å²) in [5.74, 6) is 0.559. The van der Waals surface area contributed by atoms with E-state index in [1.165, 1.54) is 0 Å². The van der Waals surface area contributed by atoms with Crippen LogP contribution in [0.3, 0.4) is 0 Å². The van der Waals surface area contributed by atoms with Gasteiger partial charge in [-0.1, -0.05) is 19.9 Å². The number of fused-ring (bicyclic) bond motifs is 1. The number of nitriles is 1. The maximum atomic E-state index is 12.8. The Bertz CT molecular complexity index is 831. The van der Waals surface area contributed by atoms with Crippen molar-refractivity contribution in [1.82, 2.24) is 9.80 Å². The van der Waals surface area contributed by atoms with Crippen molar-refractivity contribution in [1.29, 1.82) is 5.26 Å². The predicted molar refractivity (Wildman–Crippen MR) is 99.5 cm³/mol. The first-order valence-electron chi connectivity index (χ1n) is 8.81. The highest BCUT2D eigenvalue weighted by molar-refractivity contribution is 7.91. The summed E-state index contributed by atoms with van der Waals surface area (Å²) >= 11 is 0. The molecule has 1 aromatic rings. The molecular formula is C18H24N4O3S. The summed E-state index contributed by atoms with van der Waals surface area (Å²) in [5, 5.41) is 11.8. The number of sulfone groups is 1. The van der Waals surface area contributed by atoms with Crippen LogP contribution in [0.2, 0.25) is 0 Å². The van der Waals surface area contributed by atoms with Gasteiger partial charge in [-0.25, -0.2) is 13.2 Å². The fourth-order valence-corrected chi connectivity index (χ4v) is 5.85. The highest BCUT2D eigenvalue weighted by Gasteiger charge is 2.48. The molecule has 0 radical (unpaired) electrons. The smallest absolute Gasteiger partial charge is 0.318 e. The molecule has 2 fully saturated rings. The first-order valence-corrected chi connectivity index (χ1v) is 10.6. The molecule has 2 aliphatic heterocycles. The van der Waals surface area contributed by atoms with Crippen molar-refractivity contribution in [3.05, 3.63) is 29.8 Å². The van der Waals surface area contributed by atoms with Crippen molar-refractivity contribution < 1.29 is 13.2 Å². The fourth-order valence-electron chi connectivity index (χ4n) is 3.83. The van der Waals surface area contributed by atoms with E-state index in [1.54, 1.807) is 29.2 Å². The molecule has 0 aliphatic carbocycles. The Balaban J connectivity index is 1.77. The van der Waals surface area contributed by atoms with Gasteiger partial charge in [-0.15, -0.1) is 0 Å². The SMILES string of the molecule is CC(C)CN1CCN(C(=O)Nc2cccc(C#N)c2)[C@H]2CS(=O)(=O)C[C@H]21. The molecule has 0 unspecified atom stereocenters. The highest BCUT2D eigenvalue weighted by atomic mass is 32.2. The average molecular weight is 376 g/mol. The molecule has 0 saturated carbocycles. The van der Waals surface area contributed by atoms with Gasteiger partial charge in [0, 0.05) is 31.4 Å². The summed E-state index contributed by atoms with van der Waals surface area (Å²) < 4.78 is 24.4. The second-order valence-corrected chi connectivity index (χ2v) is 9.57. The maximum absolute atomic E-state index is 12.8. The summed E-state index contributed by atoms with van der Waals surface area (Å²) in [6.07, 6.45) is 0. The lowest BCUT2D eigenvalue weighted by molar-refractivity contribution is 0.0625. The van der Waals surface area contributed by atoms with Crippen LogP contribution in [0.15, 0.2) is 24.3 Å². The van der Waals surface area contributed by atoms with Crippen molar-refractivity contribution in [3.8, 4) is 6.07 Å². The molecule has 0 spiro atoms. The van der Waals surface area contributed by atoms with Crippen molar-refractivity contribution in [2.45, 2.75) is 25.9 Å². The number of hydrogen-bond acceptors (Lipinski definition) is 5.